The normalized spacial score (nSPS) is 20.8. The summed E-state index contributed by atoms with van der Waals surface area (Å²) in [7, 11) is 0. The summed E-state index contributed by atoms with van der Waals surface area (Å²) in [4.78, 5) is 14.5. The van der Waals surface area contributed by atoms with Gasteiger partial charge in [0.1, 0.15) is 5.75 Å². The third-order valence-corrected chi connectivity index (χ3v) is 4.27. The Kier molecular flexibility index (Phi) is 5.23. The number of fused-ring (bicyclic) bond motifs is 1. The van der Waals surface area contributed by atoms with Crippen LogP contribution < -0.4 is 4.74 Å². The molecule has 0 saturated heterocycles. The molecule has 1 aliphatic heterocycles. The smallest absolute Gasteiger partial charge is 0.308 e. The van der Waals surface area contributed by atoms with E-state index in [9.17, 15) is 4.79 Å². The van der Waals surface area contributed by atoms with Crippen LogP contribution >= 0.6 is 0 Å². The molecule has 0 aliphatic carbocycles. The molecule has 21 heavy (non-hydrogen) atoms. The molecular formula is C17H25NO3. The zero-order valence-electron chi connectivity index (χ0n) is 13.2. The lowest BCUT2D eigenvalue weighted by Crippen LogP contribution is -2.50. The third kappa shape index (κ3) is 3.05. The lowest BCUT2D eigenvalue weighted by molar-refractivity contribution is -0.147. The molecule has 1 aromatic rings. The highest BCUT2D eigenvalue weighted by Crippen LogP contribution is 2.43. The number of esters is 1. The van der Waals surface area contributed by atoms with Crippen molar-refractivity contribution in [3.8, 4) is 5.75 Å². The molecule has 1 aliphatic rings. The molecule has 1 aromatic carbocycles. The van der Waals surface area contributed by atoms with Gasteiger partial charge in [-0.05, 0) is 26.1 Å². The van der Waals surface area contributed by atoms with E-state index in [1.165, 1.54) is 0 Å². The Hall–Kier alpha value is -1.55. The van der Waals surface area contributed by atoms with E-state index in [-0.39, 0.29) is 11.5 Å². The average Bonchev–Trinajstić information content (AvgIpc) is 2.49. The Morgan fingerprint density at radius 1 is 1.29 bits per heavy atom. The summed E-state index contributed by atoms with van der Waals surface area (Å²) in [6.07, 6.45) is 1.19. The highest BCUT2D eigenvalue weighted by Gasteiger charge is 2.43. The fraction of sp³-hybridized carbons (Fsp3) is 0.588. The number of ether oxygens (including phenoxy) is 2. The molecule has 0 amide bonds. The minimum absolute atomic E-state index is 0.138. The summed E-state index contributed by atoms with van der Waals surface area (Å²) in [6, 6.07) is 8.04. The molecule has 1 heterocycles. The topological polar surface area (TPSA) is 38.8 Å². The van der Waals surface area contributed by atoms with Crippen LogP contribution in [0, 0.1) is 0 Å². The van der Waals surface area contributed by atoms with Gasteiger partial charge < -0.3 is 9.47 Å². The van der Waals surface area contributed by atoms with Crippen molar-refractivity contribution in [1.82, 2.24) is 4.90 Å². The van der Waals surface area contributed by atoms with E-state index in [0.717, 1.165) is 30.8 Å². The lowest BCUT2D eigenvalue weighted by atomic mass is 9.80. The quantitative estimate of drug-likeness (QED) is 0.755. The number of carbonyl (C=O) groups is 1. The van der Waals surface area contributed by atoms with Crippen molar-refractivity contribution in [2.75, 3.05) is 26.3 Å². The van der Waals surface area contributed by atoms with Crippen LogP contribution in [0.3, 0.4) is 0 Å². The van der Waals surface area contributed by atoms with Crippen molar-refractivity contribution in [2.45, 2.75) is 39.2 Å². The minimum Gasteiger partial charge on any atom is -0.493 e. The number of rotatable bonds is 6. The second-order valence-corrected chi connectivity index (χ2v) is 5.28. The summed E-state index contributed by atoms with van der Waals surface area (Å²) in [5.74, 6) is 0.751. The maximum atomic E-state index is 12.2. The van der Waals surface area contributed by atoms with E-state index < -0.39 is 0 Å². The van der Waals surface area contributed by atoms with Gasteiger partial charge in [0, 0.05) is 12.0 Å². The molecule has 0 saturated carbocycles. The Labute approximate surface area is 127 Å². The van der Waals surface area contributed by atoms with E-state index in [2.05, 4.69) is 24.8 Å². The van der Waals surface area contributed by atoms with Gasteiger partial charge in [-0.3, -0.25) is 9.69 Å². The summed E-state index contributed by atoms with van der Waals surface area (Å²) < 4.78 is 11.0. The monoisotopic (exact) mass is 291 g/mol. The van der Waals surface area contributed by atoms with Crippen molar-refractivity contribution in [3.05, 3.63) is 29.8 Å². The molecule has 0 spiro atoms. The maximum absolute atomic E-state index is 12.2. The minimum atomic E-state index is -0.315. The van der Waals surface area contributed by atoms with E-state index in [1.54, 1.807) is 0 Å². The number of nitrogens with zero attached hydrogens (tertiary/aromatic N) is 1. The Morgan fingerprint density at radius 3 is 2.67 bits per heavy atom. The maximum Gasteiger partial charge on any atom is 0.308 e. The standard InChI is InChI=1S/C17H25NO3/c1-4-18(5-2)17(13-16(19)20-6-3)11-12-21-15-10-8-7-9-14(15)17/h7-10H,4-6,11-13H2,1-3H3. The molecule has 2 rings (SSSR count). The Morgan fingerprint density at radius 2 is 2.00 bits per heavy atom. The predicted octanol–water partition coefficient (Wildman–Crippen LogP) is 2.96. The van der Waals surface area contributed by atoms with Gasteiger partial charge in [0.25, 0.3) is 0 Å². The van der Waals surface area contributed by atoms with Crippen LogP contribution in [0.15, 0.2) is 24.3 Å². The lowest BCUT2D eigenvalue weighted by Gasteiger charge is -2.46. The van der Waals surface area contributed by atoms with E-state index in [4.69, 9.17) is 9.47 Å². The van der Waals surface area contributed by atoms with E-state index in [0.29, 0.717) is 19.6 Å². The van der Waals surface area contributed by atoms with Crippen molar-refractivity contribution < 1.29 is 14.3 Å². The van der Waals surface area contributed by atoms with Crippen LogP contribution in [-0.2, 0) is 15.1 Å². The zero-order valence-corrected chi connectivity index (χ0v) is 13.2. The SMILES string of the molecule is CCOC(=O)CC1(N(CC)CC)CCOc2ccccc21. The first-order valence-electron chi connectivity index (χ1n) is 7.81. The van der Waals surface area contributed by atoms with Crippen LogP contribution in [0.1, 0.15) is 39.2 Å². The third-order valence-electron chi connectivity index (χ3n) is 4.27. The first-order valence-corrected chi connectivity index (χ1v) is 7.81. The summed E-state index contributed by atoms with van der Waals surface area (Å²) in [5.41, 5.74) is 0.790. The Bertz CT molecular complexity index is 485. The largest absolute Gasteiger partial charge is 0.493 e. The first kappa shape index (κ1) is 15.8. The van der Waals surface area contributed by atoms with Gasteiger partial charge in [0.05, 0.1) is 25.2 Å². The van der Waals surface area contributed by atoms with Gasteiger partial charge in [-0.25, -0.2) is 0 Å². The van der Waals surface area contributed by atoms with Crippen LogP contribution in [0.25, 0.3) is 0 Å². The van der Waals surface area contributed by atoms with Crippen LogP contribution in [0.5, 0.6) is 5.75 Å². The molecule has 1 unspecified atom stereocenters. The van der Waals surface area contributed by atoms with E-state index in [1.807, 2.05) is 25.1 Å². The molecule has 0 N–H and O–H groups in total. The van der Waals surface area contributed by atoms with Crippen molar-refractivity contribution >= 4 is 5.97 Å². The van der Waals surface area contributed by atoms with Gasteiger partial charge in [-0.1, -0.05) is 32.0 Å². The molecule has 116 valence electrons. The van der Waals surface area contributed by atoms with Gasteiger partial charge in [-0.2, -0.15) is 0 Å². The van der Waals surface area contributed by atoms with Crippen LogP contribution in [-0.4, -0.2) is 37.2 Å². The first-order chi connectivity index (χ1) is 10.2. The number of hydrogen-bond donors (Lipinski definition) is 0. The number of carbonyl (C=O) groups excluding carboxylic acids is 1. The molecule has 0 fully saturated rings. The second-order valence-electron chi connectivity index (χ2n) is 5.28. The summed E-state index contributed by atoms with van der Waals surface area (Å²) in [5, 5.41) is 0. The molecule has 0 bridgehead atoms. The molecular weight excluding hydrogens is 266 g/mol. The number of benzene rings is 1. The highest BCUT2D eigenvalue weighted by molar-refractivity contribution is 5.72. The van der Waals surface area contributed by atoms with Crippen molar-refractivity contribution in [2.24, 2.45) is 0 Å². The van der Waals surface area contributed by atoms with Gasteiger partial charge in [-0.15, -0.1) is 0 Å². The fourth-order valence-electron chi connectivity index (χ4n) is 3.35. The Balaban J connectivity index is 2.44. The summed E-state index contributed by atoms with van der Waals surface area (Å²) >= 11 is 0. The molecule has 0 radical (unpaired) electrons. The molecule has 1 atom stereocenters. The van der Waals surface area contributed by atoms with Crippen molar-refractivity contribution in [3.63, 3.8) is 0 Å². The van der Waals surface area contributed by atoms with Crippen molar-refractivity contribution in [1.29, 1.82) is 0 Å². The van der Waals surface area contributed by atoms with Gasteiger partial charge in [0.2, 0.25) is 0 Å². The van der Waals surface area contributed by atoms with Crippen LogP contribution in [0.4, 0.5) is 0 Å². The number of hydrogen-bond acceptors (Lipinski definition) is 4. The van der Waals surface area contributed by atoms with E-state index >= 15 is 0 Å². The zero-order chi connectivity index (χ0) is 15.3. The average molecular weight is 291 g/mol. The van der Waals surface area contributed by atoms with Crippen LogP contribution in [0.2, 0.25) is 0 Å². The highest BCUT2D eigenvalue weighted by atomic mass is 16.5. The van der Waals surface area contributed by atoms with Gasteiger partial charge in [0.15, 0.2) is 0 Å². The predicted molar refractivity (Wildman–Crippen MR) is 82.4 cm³/mol. The fourth-order valence-corrected chi connectivity index (χ4v) is 3.35. The summed E-state index contributed by atoms with van der Waals surface area (Å²) in [6.45, 7) is 8.95. The van der Waals surface area contributed by atoms with Gasteiger partial charge >= 0.3 is 5.97 Å². The number of para-hydroxylation sites is 1. The molecule has 4 nitrogen and oxygen atoms in total. The molecule has 0 aromatic heterocycles. The molecule has 4 heteroatoms. The second kappa shape index (κ2) is 6.94.